The molecule has 2 heterocycles. The van der Waals surface area contributed by atoms with E-state index in [9.17, 15) is 14.4 Å². The lowest BCUT2D eigenvalue weighted by atomic mass is 10.1. The monoisotopic (exact) mass is 298 g/mol. The average molecular weight is 298 g/mol. The fourth-order valence-electron chi connectivity index (χ4n) is 2.73. The molecule has 0 bridgehead atoms. The average Bonchev–Trinajstić information content (AvgIpc) is 2.82. The zero-order valence-corrected chi connectivity index (χ0v) is 12.1. The topological polar surface area (TPSA) is 87.2 Å². The molecule has 2 aliphatic rings. The molecule has 0 aromatic rings. The lowest BCUT2D eigenvalue weighted by Crippen LogP contribution is -2.42. The number of amides is 3. The molecule has 0 aliphatic carbocycles. The number of rotatable bonds is 6. The molecular weight excluding hydrogens is 276 g/mol. The Hall–Kier alpha value is -1.47. The van der Waals surface area contributed by atoms with Gasteiger partial charge in [-0.25, -0.2) is 0 Å². The predicted molar refractivity (Wildman–Crippen MR) is 73.2 cm³/mol. The summed E-state index contributed by atoms with van der Waals surface area (Å²) in [7, 11) is 0. The number of nitrogens with zero attached hydrogens (tertiary/aromatic N) is 2. The van der Waals surface area contributed by atoms with Crippen molar-refractivity contribution in [2.24, 2.45) is 0 Å². The quantitative estimate of drug-likeness (QED) is 0.670. The van der Waals surface area contributed by atoms with Crippen LogP contribution in [0.5, 0.6) is 0 Å². The summed E-state index contributed by atoms with van der Waals surface area (Å²) in [5.74, 6) is -0.379. The van der Waals surface area contributed by atoms with Crippen molar-refractivity contribution in [3.63, 3.8) is 0 Å². The molecule has 0 spiro atoms. The Bertz CT molecular complexity index is 388. The van der Waals surface area contributed by atoms with Crippen molar-refractivity contribution in [3.8, 4) is 0 Å². The van der Waals surface area contributed by atoms with Crippen LogP contribution in [0.1, 0.15) is 32.1 Å². The van der Waals surface area contributed by atoms with E-state index in [0.29, 0.717) is 19.7 Å². The van der Waals surface area contributed by atoms with Crippen LogP contribution in [0.15, 0.2) is 0 Å². The van der Waals surface area contributed by atoms with E-state index in [2.05, 4.69) is 0 Å². The summed E-state index contributed by atoms with van der Waals surface area (Å²) in [5.41, 5.74) is 0. The van der Waals surface area contributed by atoms with Crippen LogP contribution in [0.3, 0.4) is 0 Å². The zero-order chi connectivity index (χ0) is 15.2. The Morgan fingerprint density at radius 2 is 1.81 bits per heavy atom. The van der Waals surface area contributed by atoms with Crippen LogP contribution < -0.4 is 0 Å². The molecule has 7 heteroatoms. The van der Waals surface area contributed by atoms with Gasteiger partial charge in [-0.3, -0.25) is 19.3 Å². The Morgan fingerprint density at radius 3 is 2.38 bits per heavy atom. The van der Waals surface area contributed by atoms with Crippen molar-refractivity contribution in [1.29, 1.82) is 0 Å². The summed E-state index contributed by atoms with van der Waals surface area (Å²) < 4.78 is 5.44. The minimum absolute atomic E-state index is 0.0109. The summed E-state index contributed by atoms with van der Waals surface area (Å²) in [6.45, 7) is 1.78. The van der Waals surface area contributed by atoms with Crippen LogP contribution in [0.2, 0.25) is 0 Å². The first kappa shape index (κ1) is 15.9. The van der Waals surface area contributed by atoms with Gasteiger partial charge in [0.2, 0.25) is 17.7 Å². The lowest BCUT2D eigenvalue weighted by molar-refractivity contribution is -0.140. The van der Waals surface area contributed by atoms with Crippen LogP contribution in [0.4, 0.5) is 0 Å². The summed E-state index contributed by atoms with van der Waals surface area (Å²) in [4.78, 5) is 37.9. The molecule has 3 amide bonds. The van der Waals surface area contributed by atoms with Gasteiger partial charge in [0.25, 0.3) is 0 Å². The molecule has 1 N–H and O–H groups in total. The third kappa shape index (κ3) is 4.25. The van der Waals surface area contributed by atoms with Gasteiger partial charge in [-0.15, -0.1) is 0 Å². The lowest BCUT2D eigenvalue weighted by Gasteiger charge is -2.32. The highest BCUT2D eigenvalue weighted by Gasteiger charge is 2.30. The highest BCUT2D eigenvalue weighted by Crippen LogP contribution is 2.16. The van der Waals surface area contributed by atoms with Crippen LogP contribution in [0, 0.1) is 0 Å². The van der Waals surface area contributed by atoms with Crippen LogP contribution >= 0.6 is 0 Å². The van der Waals surface area contributed by atoms with E-state index in [1.165, 1.54) is 4.90 Å². The second-order valence-electron chi connectivity index (χ2n) is 5.36. The third-order valence-corrected chi connectivity index (χ3v) is 3.94. The van der Waals surface area contributed by atoms with Gasteiger partial charge < -0.3 is 14.7 Å². The van der Waals surface area contributed by atoms with Crippen molar-refractivity contribution in [3.05, 3.63) is 0 Å². The first-order chi connectivity index (χ1) is 10.1. The molecular formula is C14H22N2O5. The number of ether oxygens (including phenoxy) is 1. The number of aliphatic hydroxyl groups is 1. The number of piperidine rings is 1. The molecule has 2 saturated heterocycles. The second kappa shape index (κ2) is 7.51. The number of hydrogen-bond donors (Lipinski definition) is 1. The second-order valence-corrected chi connectivity index (χ2v) is 5.36. The number of aliphatic hydroxyl groups excluding tert-OH is 1. The van der Waals surface area contributed by atoms with Gasteiger partial charge in [-0.05, 0) is 12.8 Å². The predicted octanol–water partition coefficient (Wildman–Crippen LogP) is -0.475. The van der Waals surface area contributed by atoms with E-state index in [-0.39, 0.29) is 56.2 Å². The first-order valence-corrected chi connectivity index (χ1v) is 7.45. The highest BCUT2D eigenvalue weighted by atomic mass is 16.5. The molecule has 7 nitrogen and oxygen atoms in total. The fourth-order valence-corrected chi connectivity index (χ4v) is 2.73. The van der Waals surface area contributed by atoms with Crippen LogP contribution in [-0.4, -0.2) is 71.6 Å². The smallest absolute Gasteiger partial charge is 0.229 e. The number of likely N-dealkylation sites (tertiary alicyclic amines) is 2. The van der Waals surface area contributed by atoms with Gasteiger partial charge in [0, 0.05) is 38.9 Å². The van der Waals surface area contributed by atoms with Crippen LogP contribution in [0.25, 0.3) is 0 Å². The van der Waals surface area contributed by atoms with Gasteiger partial charge in [-0.1, -0.05) is 0 Å². The van der Waals surface area contributed by atoms with E-state index in [1.807, 2.05) is 0 Å². The molecule has 0 radical (unpaired) electrons. The Morgan fingerprint density at radius 1 is 1.19 bits per heavy atom. The molecule has 0 aromatic carbocycles. The normalized spacial score (nSPS) is 20.4. The third-order valence-electron chi connectivity index (χ3n) is 3.94. The number of imide groups is 1. The van der Waals surface area contributed by atoms with E-state index in [0.717, 1.165) is 12.8 Å². The first-order valence-electron chi connectivity index (χ1n) is 7.45. The number of carbonyl (C=O) groups is 3. The molecule has 2 fully saturated rings. The maximum Gasteiger partial charge on any atom is 0.229 e. The van der Waals surface area contributed by atoms with Gasteiger partial charge in [-0.2, -0.15) is 0 Å². The largest absolute Gasteiger partial charge is 0.394 e. The van der Waals surface area contributed by atoms with Crippen molar-refractivity contribution in [2.45, 2.75) is 38.2 Å². The summed E-state index contributed by atoms with van der Waals surface area (Å²) in [6.07, 6.45) is 2.34. The van der Waals surface area contributed by atoms with Crippen molar-refractivity contribution >= 4 is 17.7 Å². The maximum atomic E-state index is 12.1. The van der Waals surface area contributed by atoms with Gasteiger partial charge in [0.1, 0.15) is 0 Å². The molecule has 0 aromatic heterocycles. The Labute approximate surface area is 123 Å². The Kier molecular flexibility index (Phi) is 5.69. The minimum atomic E-state index is -0.177. The molecule has 2 rings (SSSR count). The zero-order valence-electron chi connectivity index (χ0n) is 12.1. The summed E-state index contributed by atoms with van der Waals surface area (Å²) in [6, 6.07) is 0. The van der Waals surface area contributed by atoms with Gasteiger partial charge in [0.05, 0.1) is 19.3 Å². The van der Waals surface area contributed by atoms with E-state index < -0.39 is 0 Å². The van der Waals surface area contributed by atoms with E-state index in [4.69, 9.17) is 9.84 Å². The van der Waals surface area contributed by atoms with Crippen molar-refractivity contribution in [2.75, 3.05) is 32.8 Å². The molecule has 21 heavy (non-hydrogen) atoms. The fraction of sp³-hybridized carbons (Fsp3) is 0.786. The maximum absolute atomic E-state index is 12.1. The molecule has 0 unspecified atom stereocenters. The Balaban J connectivity index is 1.70. The van der Waals surface area contributed by atoms with Gasteiger partial charge >= 0.3 is 0 Å². The van der Waals surface area contributed by atoms with E-state index in [1.54, 1.807) is 4.90 Å². The summed E-state index contributed by atoms with van der Waals surface area (Å²) >= 11 is 0. The molecule has 118 valence electrons. The minimum Gasteiger partial charge on any atom is -0.394 e. The molecule has 0 atom stereocenters. The van der Waals surface area contributed by atoms with E-state index >= 15 is 0 Å². The van der Waals surface area contributed by atoms with Crippen LogP contribution in [-0.2, 0) is 19.1 Å². The molecule has 2 aliphatic heterocycles. The standard InChI is InChI=1S/C14H22N2O5/c17-9-10-21-11-3-6-15(7-4-11)12(18)5-8-16-13(19)1-2-14(16)20/h11,17H,1-10H2. The van der Waals surface area contributed by atoms with Crippen molar-refractivity contribution < 1.29 is 24.2 Å². The summed E-state index contributed by atoms with van der Waals surface area (Å²) in [5, 5.41) is 8.70. The number of carbonyl (C=O) groups excluding carboxylic acids is 3. The van der Waals surface area contributed by atoms with Crippen molar-refractivity contribution in [1.82, 2.24) is 9.80 Å². The SMILES string of the molecule is O=C(CCN1C(=O)CCC1=O)N1CCC(OCCO)CC1. The highest BCUT2D eigenvalue weighted by molar-refractivity contribution is 6.02. The number of hydrogen-bond acceptors (Lipinski definition) is 5. The van der Waals surface area contributed by atoms with Gasteiger partial charge in [0.15, 0.2) is 0 Å². The molecule has 0 saturated carbocycles.